The zero-order chi connectivity index (χ0) is 19.2. The molecule has 0 aliphatic rings. The van der Waals surface area contributed by atoms with Gasteiger partial charge in [-0.2, -0.15) is 4.99 Å². The number of carbonyl (C=O) groups is 1. The number of halogens is 1. The van der Waals surface area contributed by atoms with Gasteiger partial charge in [-0.05, 0) is 49.4 Å². The van der Waals surface area contributed by atoms with Gasteiger partial charge in [0, 0.05) is 11.6 Å². The molecule has 27 heavy (non-hydrogen) atoms. The molecular weight excluding hydrogens is 384 g/mol. The van der Waals surface area contributed by atoms with Crippen molar-refractivity contribution in [3.05, 3.63) is 64.9 Å². The molecule has 2 aromatic carbocycles. The van der Waals surface area contributed by atoms with Gasteiger partial charge in [0.05, 0.1) is 16.8 Å². The summed E-state index contributed by atoms with van der Waals surface area (Å²) in [5.74, 6) is 1.000. The molecule has 0 saturated heterocycles. The lowest BCUT2D eigenvalue weighted by molar-refractivity contribution is -0.120. The molecule has 0 unspecified atom stereocenters. The average Bonchev–Trinajstić information content (AvgIpc) is 2.98. The minimum absolute atomic E-state index is 0.145. The summed E-state index contributed by atoms with van der Waals surface area (Å²) < 4.78 is 14.0. The predicted molar refractivity (Wildman–Crippen MR) is 109 cm³/mol. The summed E-state index contributed by atoms with van der Waals surface area (Å²) in [6.45, 7) is 6.74. The molecule has 3 aromatic rings. The highest BCUT2D eigenvalue weighted by Gasteiger charge is 2.09. The second kappa shape index (κ2) is 8.88. The fourth-order valence-corrected chi connectivity index (χ4v) is 3.73. The van der Waals surface area contributed by atoms with Crippen LogP contribution in [0.4, 0.5) is 0 Å². The van der Waals surface area contributed by atoms with E-state index in [0.717, 1.165) is 16.0 Å². The van der Waals surface area contributed by atoms with E-state index in [-0.39, 0.29) is 12.5 Å². The van der Waals surface area contributed by atoms with Crippen molar-refractivity contribution in [1.29, 1.82) is 0 Å². The van der Waals surface area contributed by atoms with E-state index in [1.165, 1.54) is 11.3 Å². The van der Waals surface area contributed by atoms with Crippen LogP contribution in [0, 0.1) is 0 Å². The lowest BCUT2D eigenvalue weighted by Gasteiger charge is -2.04. The van der Waals surface area contributed by atoms with Crippen LogP contribution in [0.25, 0.3) is 10.2 Å². The average molecular weight is 403 g/mol. The third kappa shape index (κ3) is 4.78. The number of hydrogen-bond acceptors (Lipinski definition) is 4. The highest BCUT2D eigenvalue weighted by molar-refractivity contribution is 7.16. The number of aromatic nitrogens is 1. The van der Waals surface area contributed by atoms with Crippen LogP contribution in [0.5, 0.6) is 11.5 Å². The third-order valence-electron chi connectivity index (χ3n) is 3.67. The number of fused-ring (bicyclic) bond motifs is 1. The predicted octanol–water partition coefficient (Wildman–Crippen LogP) is 4.45. The standard InChI is InChI=1S/C20H19ClN2O3S/c1-3-11-23-17-10-9-16(25-4-2)12-18(17)27-20(23)22-19(24)13-26-15-7-5-14(21)6-8-15/h3,5-10,12H,1,4,11,13H2,2H3. The van der Waals surface area contributed by atoms with Gasteiger partial charge < -0.3 is 14.0 Å². The van der Waals surface area contributed by atoms with E-state index in [9.17, 15) is 4.79 Å². The van der Waals surface area contributed by atoms with Crippen LogP contribution < -0.4 is 14.3 Å². The molecule has 0 aliphatic carbocycles. The largest absolute Gasteiger partial charge is 0.494 e. The summed E-state index contributed by atoms with van der Waals surface area (Å²) in [6.07, 6.45) is 1.77. The maximum absolute atomic E-state index is 12.3. The maximum Gasteiger partial charge on any atom is 0.286 e. The molecule has 7 heteroatoms. The van der Waals surface area contributed by atoms with Gasteiger partial charge in [-0.15, -0.1) is 6.58 Å². The lowest BCUT2D eigenvalue weighted by atomic mass is 10.3. The molecule has 140 valence electrons. The van der Waals surface area contributed by atoms with E-state index in [2.05, 4.69) is 11.6 Å². The number of rotatable bonds is 7. The summed E-state index contributed by atoms with van der Waals surface area (Å²) >= 11 is 7.27. The molecule has 0 bridgehead atoms. The zero-order valence-corrected chi connectivity index (χ0v) is 16.4. The highest BCUT2D eigenvalue weighted by Crippen LogP contribution is 2.23. The third-order valence-corrected chi connectivity index (χ3v) is 4.97. The Bertz CT molecular complexity index is 1020. The summed E-state index contributed by atoms with van der Waals surface area (Å²) in [7, 11) is 0. The van der Waals surface area contributed by atoms with Crippen molar-refractivity contribution in [2.45, 2.75) is 13.5 Å². The molecule has 0 spiro atoms. The topological polar surface area (TPSA) is 52.8 Å². The molecule has 1 aromatic heterocycles. The number of ether oxygens (including phenoxy) is 2. The van der Waals surface area contributed by atoms with Crippen LogP contribution in [0.15, 0.2) is 60.1 Å². The van der Waals surface area contributed by atoms with E-state index in [1.807, 2.05) is 29.7 Å². The van der Waals surface area contributed by atoms with E-state index >= 15 is 0 Å². The second-order valence-corrected chi connectivity index (χ2v) is 7.04. The van der Waals surface area contributed by atoms with E-state index < -0.39 is 0 Å². The summed E-state index contributed by atoms with van der Waals surface area (Å²) in [4.78, 5) is 17.1. The highest BCUT2D eigenvalue weighted by atomic mass is 35.5. The van der Waals surface area contributed by atoms with Gasteiger partial charge in [0.25, 0.3) is 5.91 Å². The van der Waals surface area contributed by atoms with Crippen molar-refractivity contribution in [3.8, 4) is 11.5 Å². The molecule has 0 atom stereocenters. The number of allylic oxidation sites excluding steroid dienone is 1. The Morgan fingerprint density at radius 2 is 1.96 bits per heavy atom. The Morgan fingerprint density at radius 3 is 2.67 bits per heavy atom. The van der Waals surface area contributed by atoms with E-state index in [4.69, 9.17) is 21.1 Å². The summed E-state index contributed by atoms with van der Waals surface area (Å²) in [6, 6.07) is 12.7. The Morgan fingerprint density at radius 1 is 1.22 bits per heavy atom. The molecule has 0 saturated carbocycles. The number of amides is 1. The Balaban J connectivity index is 1.86. The molecule has 0 fully saturated rings. The van der Waals surface area contributed by atoms with Gasteiger partial charge in [0.1, 0.15) is 11.5 Å². The number of nitrogens with zero attached hydrogens (tertiary/aromatic N) is 2. The van der Waals surface area contributed by atoms with E-state index in [0.29, 0.717) is 28.7 Å². The zero-order valence-electron chi connectivity index (χ0n) is 14.9. The molecule has 0 radical (unpaired) electrons. The van der Waals surface area contributed by atoms with Crippen LogP contribution in [0.1, 0.15) is 6.92 Å². The second-order valence-electron chi connectivity index (χ2n) is 5.59. The Hall–Kier alpha value is -2.57. The van der Waals surface area contributed by atoms with Crippen molar-refractivity contribution >= 4 is 39.1 Å². The van der Waals surface area contributed by atoms with Crippen LogP contribution in [0.2, 0.25) is 5.02 Å². The fraction of sp³-hybridized carbons (Fsp3) is 0.200. The smallest absolute Gasteiger partial charge is 0.286 e. The molecule has 0 aliphatic heterocycles. The van der Waals surface area contributed by atoms with Gasteiger partial charge in [-0.1, -0.05) is 29.0 Å². The quantitative estimate of drug-likeness (QED) is 0.549. The van der Waals surface area contributed by atoms with Gasteiger partial charge in [0.15, 0.2) is 11.4 Å². The van der Waals surface area contributed by atoms with Crippen molar-refractivity contribution in [2.24, 2.45) is 4.99 Å². The molecule has 1 heterocycles. The molecular formula is C20H19ClN2O3S. The van der Waals surface area contributed by atoms with Crippen LogP contribution >= 0.6 is 22.9 Å². The van der Waals surface area contributed by atoms with Crippen LogP contribution in [-0.4, -0.2) is 23.7 Å². The normalized spacial score (nSPS) is 11.6. The minimum Gasteiger partial charge on any atom is -0.494 e. The van der Waals surface area contributed by atoms with Crippen molar-refractivity contribution < 1.29 is 14.3 Å². The SMILES string of the molecule is C=CCn1c(=NC(=O)COc2ccc(Cl)cc2)sc2cc(OCC)ccc21. The lowest BCUT2D eigenvalue weighted by Crippen LogP contribution is -2.19. The van der Waals surface area contributed by atoms with Crippen molar-refractivity contribution in [1.82, 2.24) is 4.57 Å². The number of carbonyl (C=O) groups excluding carboxylic acids is 1. The first-order valence-electron chi connectivity index (χ1n) is 8.43. The summed E-state index contributed by atoms with van der Waals surface area (Å²) in [5, 5.41) is 0.612. The van der Waals surface area contributed by atoms with Gasteiger partial charge in [-0.25, -0.2) is 0 Å². The van der Waals surface area contributed by atoms with E-state index in [1.54, 1.807) is 30.3 Å². The monoisotopic (exact) mass is 402 g/mol. The Kier molecular flexibility index (Phi) is 6.32. The molecule has 1 amide bonds. The van der Waals surface area contributed by atoms with Crippen molar-refractivity contribution in [2.75, 3.05) is 13.2 Å². The first-order chi connectivity index (χ1) is 13.1. The van der Waals surface area contributed by atoms with Gasteiger partial charge >= 0.3 is 0 Å². The molecule has 3 rings (SSSR count). The first-order valence-corrected chi connectivity index (χ1v) is 9.63. The van der Waals surface area contributed by atoms with Gasteiger partial charge in [-0.3, -0.25) is 4.79 Å². The van der Waals surface area contributed by atoms with Gasteiger partial charge in [0.2, 0.25) is 0 Å². The fourth-order valence-electron chi connectivity index (χ4n) is 2.52. The Labute approximate surface area is 166 Å². The number of hydrogen-bond donors (Lipinski definition) is 0. The summed E-state index contributed by atoms with van der Waals surface area (Å²) in [5.41, 5.74) is 0.980. The number of thiazole rings is 1. The maximum atomic E-state index is 12.3. The minimum atomic E-state index is -0.362. The van der Waals surface area contributed by atoms with Crippen LogP contribution in [-0.2, 0) is 11.3 Å². The van der Waals surface area contributed by atoms with Crippen LogP contribution in [0.3, 0.4) is 0 Å². The van der Waals surface area contributed by atoms with Crippen molar-refractivity contribution in [3.63, 3.8) is 0 Å². The molecule has 0 N–H and O–H groups in total. The first kappa shape index (κ1) is 19.2. The number of benzene rings is 2. The molecule has 5 nitrogen and oxygen atoms in total.